The SMILES string of the molecule is CC(Oc1cccc2cccnc12)c1cccc(N)c1. The molecule has 0 saturated carbocycles. The Morgan fingerprint density at radius 2 is 1.85 bits per heavy atom. The van der Waals surface area contributed by atoms with E-state index in [-0.39, 0.29) is 6.10 Å². The molecule has 2 aromatic carbocycles. The summed E-state index contributed by atoms with van der Waals surface area (Å²) in [6.45, 7) is 2.01. The van der Waals surface area contributed by atoms with Crippen LogP contribution >= 0.6 is 0 Å². The van der Waals surface area contributed by atoms with E-state index in [1.807, 2.05) is 61.5 Å². The predicted molar refractivity (Wildman–Crippen MR) is 81.6 cm³/mol. The second-order valence-corrected chi connectivity index (χ2v) is 4.76. The molecule has 2 N–H and O–H groups in total. The van der Waals surface area contributed by atoms with E-state index in [1.165, 1.54) is 0 Å². The number of anilines is 1. The Bertz CT molecular complexity index is 734. The molecule has 1 atom stereocenters. The van der Waals surface area contributed by atoms with E-state index in [4.69, 9.17) is 10.5 Å². The first kappa shape index (κ1) is 12.5. The van der Waals surface area contributed by atoms with Gasteiger partial charge in [-0.15, -0.1) is 0 Å². The smallest absolute Gasteiger partial charge is 0.146 e. The van der Waals surface area contributed by atoms with Crippen LogP contribution in [0.1, 0.15) is 18.6 Å². The highest BCUT2D eigenvalue weighted by Crippen LogP contribution is 2.28. The van der Waals surface area contributed by atoms with Crippen LogP contribution in [0.4, 0.5) is 5.69 Å². The second-order valence-electron chi connectivity index (χ2n) is 4.76. The molecule has 3 heteroatoms. The van der Waals surface area contributed by atoms with Crippen molar-refractivity contribution >= 4 is 16.6 Å². The lowest BCUT2D eigenvalue weighted by Gasteiger charge is -2.16. The van der Waals surface area contributed by atoms with E-state index in [1.54, 1.807) is 6.20 Å². The van der Waals surface area contributed by atoms with Crippen molar-refractivity contribution < 1.29 is 4.74 Å². The summed E-state index contributed by atoms with van der Waals surface area (Å²) in [6, 6.07) is 17.7. The van der Waals surface area contributed by atoms with Gasteiger partial charge in [-0.05, 0) is 36.8 Å². The van der Waals surface area contributed by atoms with E-state index in [0.29, 0.717) is 0 Å². The summed E-state index contributed by atoms with van der Waals surface area (Å²) in [5.74, 6) is 0.790. The molecule has 0 aliphatic heterocycles. The summed E-state index contributed by atoms with van der Waals surface area (Å²) in [5.41, 5.74) is 8.49. The molecule has 0 fully saturated rings. The first-order valence-electron chi connectivity index (χ1n) is 6.60. The molecule has 3 nitrogen and oxygen atoms in total. The zero-order valence-corrected chi connectivity index (χ0v) is 11.3. The van der Waals surface area contributed by atoms with Gasteiger partial charge in [0, 0.05) is 17.3 Å². The molecule has 0 spiro atoms. The van der Waals surface area contributed by atoms with Crippen molar-refractivity contribution in [1.29, 1.82) is 0 Å². The Hall–Kier alpha value is -2.55. The fourth-order valence-electron chi connectivity index (χ4n) is 2.24. The van der Waals surface area contributed by atoms with E-state index in [9.17, 15) is 0 Å². The lowest BCUT2D eigenvalue weighted by Crippen LogP contribution is -2.04. The number of aromatic nitrogens is 1. The molecular formula is C17H16N2O. The average molecular weight is 264 g/mol. The van der Waals surface area contributed by atoms with Gasteiger partial charge in [-0.25, -0.2) is 0 Å². The molecule has 3 rings (SSSR count). The Labute approximate surface area is 118 Å². The zero-order chi connectivity index (χ0) is 13.9. The number of fused-ring (bicyclic) bond motifs is 1. The van der Waals surface area contributed by atoms with E-state index >= 15 is 0 Å². The number of hydrogen-bond donors (Lipinski definition) is 1. The number of para-hydroxylation sites is 1. The van der Waals surface area contributed by atoms with E-state index in [2.05, 4.69) is 4.98 Å². The number of hydrogen-bond acceptors (Lipinski definition) is 3. The zero-order valence-electron chi connectivity index (χ0n) is 11.3. The highest BCUT2D eigenvalue weighted by atomic mass is 16.5. The quantitative estimate of drug-likeness (QED) is 0.728. The van der Waals surface area contributed by atoms with Crippen LogP contribution in [-0.2, 0) is 0 Å². The number of benzene rings is 2. The first-order valence-corrected chi connectivity index (χ1v) is 6.60. The van der Waals surface area contributed by atoms with Crippen LogP contribution in [0.25, 0.3) is 10.9 Å². The molecule has 100 valence electrons. The molecule has 1 unspecified atom stereocenters. The van der Waals surface area contributed by atoms with Gasteiger partial charge in [-0.3, -0.25) is 4.98 Å². The Balaban J connectivity index is 1.93. The van der Waals surface area contributed by atoms with Crippen LogP contribution in [0.3, 0.4) is 0 Å². The second kappa shape index (κ2) is 5.21. The van der Waals surface area contributed by atoms with Gasteiger partial charge in [-0.2, -0.15) is 0 Å². The maximum Gasteiger partial charge on any atom is 0.146 e. The summed E-state index contributed by atoms with van der Waals surface area (Å²) < 4.78 is 6.05. The van der Waals surface area contributed by atoms with Crippen LogP contribution < -0.4 is 10.5 Å². The number of rotatable bonds is 3. The minimum Gasteiger partial charge on any atom is -0.484 e. The molecule has 20 heavy (non-hydrogen) atoms. The summed E-state index contributed by atoms with van der Waals surface area (Å²) in [7, 11) is 0. The summed E-state index contributed by atoms with van der Waals surface area (Å²) >= 11 is 0. The lowest BCUT2D eigenvalue weighted by molar-refractivity contribution is 0.229. The number of nitrogens with zero attached hydrogens (tertiary/aromatic N) is 1. The molecule has 0 radical (unpaired) electrons. The summed E-state index contributed by atoms with van der Waals surface area (Å²) in [5, 5.41) is 1.07. The predicted octanol–water partition coefficient (Wildman–Crippen LogP) is 3.96. The van der Waals surface area contributed by atoms with Gasteiger partial charge in [0.1, 0.15) is 17.4 Å². The third-order valence-electron chi connectivity index (χ3n) is 3.28. The van der Waals surface area contributed by atoms with Crippen molar-refractivity contribution in [2.75, 3.05) is 5.73 Å². The van der Waals surface area contributed by atoms with E-state index < -0.39 is 0 Å². The summed E-state index contributed by atoms with van der Waals surface area (Å²) in [4.78, 5) is 4.40. The van der Waals surface area contributed by atoms with Gasteiger partial charge in [0.2, 0.25) is 0 Å². The first-order chi connectivity index (χ1) is 9.74. The topological polar surface area (TPSA) is 48.1 Å². The molecule has 0 aliphatic carbocycles. The summed E-state index contributed by atoms with van der Waals surface area (Å²) in [6.07, 6.45) is 1.70. The Kier molecular flexibility index (Phi) is 3.25. The molecule has 0 aliphatic rings. The molecule has 1 aromatic heterocycles. The normalized spacial score (nSPS) is 12.2. The minimum absolute atomic E-state index is 0.0777. The minimum atomic E-state index is -0.0777. The van der Waals surface area contributed by atoms with Crippen molar-refractivity contribution in [2.24, 2.45) is 0 Å². The Morgan fingerprint density at radius 1 is 1.05 bits per heavy atom. The van der Waals surface area contributed by atoms with Gasteiger partial charge in [0.15, 0.2) is 0 Å². The van der Waals surface area contributed by atoms with Crippen LogP contribution in [0.2, 0.25) is 0 Å². The van der Waals surface area contributed by atoms with Gasteiger partial charge in [0.25, 0.3) is 0 Å². The largest absolute Gasteiger partial charge is 0.484 e. The third-order valence-corrected chi connectivity index (χ3v) is 3.28. The fraction of sp³-hybridized carbons (Fsp3) is 0.118. The van der Waals surface area contributed by atoms with Gasteiger partial charge >= 0.3 is 0 Å². The van der Waals surface area contributed by atoms with Crippen LogP contribution in [0.5, 0.6) is 5.75 Å². The highest BCUT2D eigenvalue weighted by molar-refractivity contribution is 5.84. The number of ether oxygens (including phenoxy) is 1. The molecule has 3 aromatic rings. The maximum absolute atomic E-state index is 6.05. The molecular weight excluding hydrogens is 248 g/mol. The van der Waals surface area contributed by atoms with Crippen LogP contribution in [0, 0.1) is 0 Å². The number of nitrogen functional groups attached to an aromatic ring is 1. The molecule has 1 heterocycles. The Morgan fingerprint density at radius 3 is 2.70 bits per heavy atom. The van der Waals surface area contributed by atoms with Gasteiger partial charge in [-0.1, -0.05) is 30.3 Å². The fourth-order valence-corrected chi connectivity index (χ4v) is 2.24. The third kappa shape index (κ3) is 2.43. The van der Waals surface area contributed by atoms with E-state index in [0.717, 1.165) is 27.9 Å². The number of pyridine rings is 1. The average Bonchev–Trinajstić information content (AvgIpc) is 2.47. The van der Waals surface area contributed by atoms with Gasteiger partial charge < -0.3 is 10.5 Å². The van der Waals surface area contributed by atoms with Crippen molar-refractivity contribution in [1.82, 2.24) is 4.98 Å². The molecule has 0 amide bonds. The lowest BCUT2D eigenvalue weighted by atomic mass is 10.1. The van der Waals surface area contributed by atoms with Crippen LogP contribution in [-0.4, -0.2) is 4.98 Å². The van der Waals surface area contributed by atoms with Crippen molar-refractivity contribution in [2.45, 2.75) is 13.0 Å². The van der Waals surface area contributed by atoms with Crippen molar-refractivity contribution in [3.05, 3.63) is 66.4 Å². The van der Waals surface area contributed by atoms with Gasteiger partial charge in [0.05, 0.1) is 0 Å². The maximum atomic E-state index is 6.05. The van der Waals surface area contributed by atoms with Crippen molar-refractivity contribution in [3.8, 4) is 5.75 Å². The molecule has 0 bridgehead atoms. The number of nitrogens with two attached hydrogens (primary N) is 1. The standard InChI is InChI=1S/C17H16N2O/c1-12(14-6-2-8-15(18)11-14)20-16-9-3-5-13-7-4-10-19-17(13)16/h2-12H,18H2,1H3. The highest BCUT2D eigenvalue weighted by Gasteiger charge is 2.10. The van der Waals surface area contributed by atoms with Crippen molar-refractivity contribution in [3.63, 3.8) is 0 Å². The molecule has 0 saturated heterocycles. The monoisotopic (exact) mass is 264 g/mol. The van der Waals surface area contributed by atoms with Crippen LogP contribution in [0.15, 0.2) is 60.8 Å².